The molecule has 0 spiro atoms. The minimum absolute atomic E-state index is 0.169. The van der Waals surface area contributed by atoms with Crippen LogP contribution in [0, 0.1) is 11.3 Å². The normalized spacial score (nSPS) is 11.7. The summed E-state index contributed by atoms with van der Waals surface area (Å²) in [5.74, 6) is 0.405. The van der Waals surface area contributed by atoms with E-state index >= 15 is 0 Å². The van der Waals surface area contributed by atoms with Gasteiger partial charge < -0.3 is 9.88 Å². The monoisotopic (exact) mass is 332 g/mol. The van der Waals surface area contributed by atoms with E-state index in [2.05, 4.69) is 26.2 Å². The van der Waals surface area contributed by atoms with E-state index in [9.17, 15) is 4.79 Å². The van der Waals surface area contributed by atoms with Crippen molar-refractivity contribution in [2.45, 2.75) is 12.5 Å². The van der Waals surface area contributed by atoms with E-state index < -0.39 is 0 Å². The third kappa shape index (κ3) is 3.25. The molecule has 5 nitrogen and oxygen atoms in total. The van der Waals surface area contributed by atoms with Crippen LogP contribution in [-0.2, 0) is 11.8 Å². The van der Waals surface area contributed by atoms with Crippen molar-refractivity contribution in [2.75, 3.05) is 0 Å². The van der Waals surface area contributed by atoms with Gasteiger partial charge in [0.25, 0.3) is 0 Å². The standard InChI is InChI=1S/C14H13BrN4O/c1-19-9-8-17-14(19)13(18-12(20)6-7-16)10-2-4-11(15)5-3-10/h2-5,8-9,13H,6H2,1H3,(H,18,20). The van der Waals surface area contributed by atoms with Crippen molar-refractivity contribution in [3.05, 3.63) is 52.5 Å². The molecule has 0 saturated heterocycles. The summed E-state index contributed by atoms with van der Waals surface area (Å²) in [5.41, 5.74) is 0.911. The number of aromatic nitrogens is 2. The van der Waals surface area contributed by atoms with Gasteiger partial charge in [0.1, 0.15) is 18.3 Å². The highest BCUT2D eigenvalue weighted by Gasteiger charge is 2.20. The first kappa shape index (κ1) is 14.3. The molecule has 1 aromatic heterocycles. The first-order chi connectivity index (χ1) is 9.61. The molecule has 0 aliphatic heterocycles. The van der Waals surface area contributed by atoms with Crippen LogP contribution >= 0.6 is 15.9 Å². The lowest BCUT2D eigenvalue weighted by Crippen LogP contribution is -2.30. The average molecular weight is 333 g/mol. The van der Waals surface area contributed by atoms with Crippen LogP contribution in [0.3, 0.4) is 0 Å². The van der Waals surface area contributed by atoms with Gasteiger partial charge in [-0.25, -0.2) is 4.98 Å². The smallest absolute Gasteiger partial charge is 0.235 e. The van der Waals surface area contributed by atoms with E-state index in [4.69, 9.17) is 5.26 Å². The molecule has 1 N–H and O–H groups in total. The van der Waals surface area contributed by atoms with Gasteiger partial charge in [-0.2, -0.15) is 5.26 Å². The molecule has 2 rings (SSSR count). The Hall–Kier alpha value is -2.13. The Labute approximate surface area is 125 Å². The second kappa shape index (κ2) is 6.35. The quantitative estimate of drug-likeness (QED) is 0.933. The fourth-order valence-corrected chi connectivity index (χ4v) is 2.16. The summed E-state index contributed by atoms with van der Waals surface area (Å²) in [6.45, 7) is 0. The van der Waals surface area contributed by atoms with Gasteiger partial charge in [-0.15, -0.1) is 0 Å². The number of hydrogen-bond acceptors (Lipinski definition) is 3. The zero-order valence-corrected chi connectivity index (χ0v) is 12.5. The maximum Gasteiger partial charge on any atom is 0.235 e. The number of halogens is 1. The second-order valence-electron chi connectivity index (χ2n) is 4.28. The van der Waals surface area contributed by atoms with Crippen LogP contribution in [0.25, 0.3) is 0 Å². The van der Waals surface area contributed by atoms with Crippen molar-refractivity contribution in [1.82, 2.24) is 14.9 Å². The van der Waals surface area contributed by atoms with Crippen molar-refractivity contribution < 1.29 is 4.79 Å². The number of aryl methyl sites for hydroxylation is 1. The maximum absolute atomic E-state index is 11.7. The number of nitriles is 1. The van der Waals surface area contributed by atoms with E-state index in [1.807, 2.05) is 48.1 Å². The van der Waals surface area contributed by atoms with Crippen LogP contribution in [0.5, 0.6) is 0 Å². The van der Waals surface area contributed by atoms with Crippen LogP contribution in [0.2, 0.25) is 0 Å². The van der Waals surface area contributed by atoms with Gasteiger partial charge in [-0.05, 0) is 17.7 Å². The molecule has 6 heteroatoms. The van der Waals surface area contributed by atoms with Crippen LogP contribution in [0.1, 0.15) is 23.9 Å². The molecule has 1 atom stereocenters. The van der Waals surface area contributed by atoms with Gasteiger partial charge in [0.2, 0.25) is 5.91 Å². The fourth-order valence-electron chi connectivity index (χ4n) is 1.89. The van der Waals surface area contributed by atoms with Crippen molar-refractivity contribution in [3.63, 3.8) is 0 Å². The van der Waals surface area contributed by atoms with Crippen molar-refractivity contribution in [1.29, 1.82) is 5.26 Å². The highest BCUT2D eigenvalue weighted by molar-refractivity contribution is 9.10. The van der Waals surface area contributed by atoms with E-state index in [-0.39, 0.29) is 18.4 Å². The highest BCUT2D eigenvalue weighted by Crippen LogP contribution is 2.22. The summed E-state index contributed by atoms with van der Waals surface area (Å²) < 4.78 is 2.81. The van der Waals surface area contributed by atoms with Gasteiger partial charge in [0.05, 0.1) is 6.07 Å². The largest absolute Gasteiger partial charge is 0.341 e. The van der Waals surface area contributed by atoms with Crippen molar-refractivity contribution >= 4 is 21.8 Å². The zero-order valence-electron chi connectivity index (χ0n) is 10.9. The first-order valence-corrected chi connectivity index (χ1v) is 6.80. The van der Waals surface area contributed by atoms with E-state index in [0.29, 0.717) is 0 Å². The fraction of sp³-hybridized carbons (Fsp3) is 0.214. The SMILES string of the molecule is Cn1ccnc1C(NC(=O)CC#N)c1ccc(Br)cc1. The minimum atomic E-state index is -0.371. The van der Waals surface area contributed by atoms with Crippen molar-refractivity contribution in [2.24, 2.45) is 7.05 Å². The molecule has 1 amide bonds. The molecular formula is C14H13BrN4O. The minimum Gasteiger partial charge on any atom is -0.341 e. The number of rotatable bonds is 4. The number of imidazole rings is 1. The molecule has 0 aliphatic rings. The van der Waals surface area contributed by atoms with E-state index in [1.54, 1.807) is 6.20 Å². The predicted molar refractivity (Wildman–Crippen MR) is 77.6 cm³/mol. The number of nitrogens with zero attached hydrogens (tertiary/aromatic N) is 3. The number of carbonyl (C=O) groups is 1. The molecule has 20 heavy (non-hydrogen) atoms. The maximum atomic E-state index is 11.7. The molecule has 0 aliphatic carbocycles. The molecule has 0 saturated carbocycles. The Bertz CT molecular complexity index is 642. The Morgan fingerprint density at radius 2 is 2.20 bits per heavy atom. The second-order valence-corrected chi connectivity index (χ2v) is 5.20. The van der Waals surface area contributed by atoms with Crippen molar-refractivity contribution in [3.8, 4) is 6.07 Å². The Balaban J connectivity index is 2.34. The third-order valence-corrected chi connectivity index (χ3v) is 3.39. The third-order valence-electron chi connectivity index (χ3n) is 2.86. The molecule has 2 aromatic rings. The number of hydrogen-bond donors (Lipinski definition) is 1. The lowest BCUT2D eigenvalue weighted by molar-refractivity contribution is -0.120. The number of nitrogens with one attached hydrogen (secondary N) is 1. The summed E-state index contributed by atoms with van der Waals surface area (Å²) in [4.78, 5) is 16.0. The van der Waals surface area contributed by atoms with Crippen LogP contribution in [-0.4, -0.2) is 15.5 Å². The summed E-state index contributed by atoms with van der Waals surface area (Å²) >= 11 is 3.38. The first-order valence-electron chi connectivity index (χ1n) is 6.01. The van der Waals surface area contributed by atoms with Crippen LogP contribution in [0.15, 0.2) is 41.1 Å². The summed E-state index contributed by atoms with van der Waals surface area (Å²) in [6, 6.07) is 9.11. The average Bonchev–Trinajstić information content (AvgIpc) is 2.84. The Kier molecular flexibility index (Phi) is 4.53. The highest BCUT2D eigenvalue weighted by atomic mass is 79.9. The molecule has 1 unspecified atom stereocenters. The molecular weight excluding hydrogens is 320 g/mol. The number of amides is 1. The summed E-state index contributed by atoms with van der Waals surface area (Å²) in [6.07, 6.45) is 3.33. The van der Waals surface area contributed by atoms with E-state index in [0.717, 1.165) is 15.9 Å². The lowest BCUT2D eigenvalue weighted by Gasteiger charge is -2.18. The van der Waals surface area contributed by atoms with Gasteiger partial charge in [-0.1, -0.05) is 28.1 Å². The lowest BCUT2D eigenvalue weighted by atomic mass is 10.1. The summed E-state index contributed by atoms with van der Waals surface area (Å²) in [5, 5.41) is 11.4. The molecule has 1 heterocycles. The van der Waals surface area contributed by atoms with Gasteiger partial charge in [0, 0.05) is 23.9 Å². The van der Waals surface area contributed by atoms with E-state index in [1.165, 1.54) is 0 Å². The molecule has 0 bridgehead atoms. The molecule has 1 aromatic carbocycles. The summed E-state index contributed by atoms with van der Waals surface area (Å²) in [7, 11) is 1.87. The molecule has 102 valence electrons. The van der Waals surface area contributed by atoms with Gasteiger partial charge in [0.15, 0.2) is 0 Å². The number of carbonyl (C=O) groups excluding carboxylic acids is 1. The zero-order chi connectivity index (χ0) is 14.5. The topological polar surface area (TPSA) is 70.7 Å². The van der Waals surface area contributed by atoms with Crippen LogP contribution < -0.4 is 5.32 Å². The van der Waals surface area contributed by atoms with Gasteiger partial charge >= 0.3 is 0 Å². The molecule has 0 radical (unpaired) electrons. The number of benzene rings is 1. The Morgan fingerprint density at radius 1 is 1.50 bits per heavy atom. The van der Waals surface area contributed by atoms with Crippen LogP contribution in [0.4, 0.5) is 0 Å². The van der Waals surface area contributed by atoms with Gasteiger partial charge in [-0.3, -0.25) is 4.79 Å². The Morgan fingerprint density at radius 3 is 2.75 bits per heavy atom. The molecule has 0 fully saturated rings. The predicted octanol–water partition coefficient (Wildman–Crippen LogP) is 2.30.